The minimum Gasteiger partial charge on any atom is -0.489 e. The number of hydrogen-bond acceptors (Lipinski definition) is 5. The van der Waals surface area contributed by atoms with Crippen LogP contribution in [0.5, 0.6) is 5.75 Å². The Balaban J connectivity index is 1.58. The van der Waals surface area contributed by atoms with E-state index >= 15 is 0 Å². The molecule has 7 heteroatoms. The second kappa shape index (κ2) is 7.99. The summed E-state index contributed by atoms with van der Waals surface area (Å²) in [7, 11) is 0. The molecule has 0 radical (unpaired) electrons. The van der Waals surface area contributed by atoms with Crippen LogP contribution in [-0.2, 0) is 6.61 Å². The molecule has 0 spiro atoms. The van der Waals surface area contributed by atoms with Crippen molar-refractivity contribution in [1.29, 1.82) is 10.5 Å². The van der Waals surface area contributed by atoms with Gasteiger partial charge >= 0.3 is 0 Å². The quantitative estimate of drug-likeness (QED) is 0.420. The summed E-state index contributed by atoms with van der Waals surface area (Å²) in [4.78, 5) is 4.59. The summed E-state index contributed by atoms with van der Waals surface area (Å²) in [5, 5.41) is 19.9. The molecule has 33 heavy (non-hydrogen) atoms. The predicted molar refractivity (Wildman–Crippen MR) is 123 cm³/mol. The van der Waals surface area contributed by atoms with Crippen LogP contribution in [0.3, 0.4) is 0 Å². The number of fused-ring (bicyclic) bond motifs is 3. The number of para-hydroxylation sites is 2. The molecule has 2 heterocycles. The van der Waals surface area contributed by atoms with Gasteiger partial charge in [0.15, 0.2) is 5.65 Å². The van der Waals surface area contributed by atoms with Crippen molar-refractivity contribution in [3.8, 4) is 29.0 Å². The number of halogens is 1. The summed E-state index contributed by atoms with van der Waals surface area (Å²) >= 11 is 0. The van der Waals surface area contributed by atoms with Crippen molar-refractivity contribution >= 4 is 22.5 Å². The number of aromatic nitrogens is 2. The molecule has 0 aliphatic carbocycles. The summed E-state index contributed by atoms with van der Waals surface area (Å²) in [6, 6.07) is 24.9. The first-order valence-corrected chi connectivity index (χ1v) is 10.1. The Morgan fingerprint density at radius 3 is 2.30 bits per heavy atom. The third-order valence-electron chi connectivity index (χ3n) is 5.47. The van der Waals surface area contributed by atoms with E-state index in [1.165, 1.54) is 12.1 Å². The Morgan fingerprint density at radius 2 is 1.61 bits per heavy atom. The maximum atomic E-state index is 13.1. The number of nitrogens with two attached hydrogens (primary N) is 1. The molecule has 0 aliphatic rings. The Hall–Kier alpha value is -4.88. The van der Waals surface area contributed by atoms with Gasteiger partial charge in [0.25, 0.3) is 0 Å². The molecule has 2 aromatic heterocycles. The van der Waals surface area contributed by atoms with Gasteiger partial charge in [-0.05, 0) is 47.5 Å². The standard InChI is InChI=1S/C26H16FN5O/c27-18-9-5-16(6-10-18)15-33-19-11-7-17(8-12-19)24-20(13-28)25(30)32-23-4-2-1-3-22(23)31-26(32)21(24)14-29/h1-12H,15,30H2. The fourth-order valence-corrected chi connectivity index (χ4v) is 3.89. The van der Waals surface area contributed by atoms with Gasteiger partial charge in [-0.3, -0.25) is 4.40 Å². The van der Waals surface area contributed by atoms with Crippen LogP contribution in [0.1, 0.15) is 16.7 Å². The number of rotatable bonds is 4. The molecule has 5 rings (SSSR count). The number of nitriles is 2. The summed E-state index contributed by atoms with van der Waals surface area (Å²) in [5.74, 6) is 0.527. The lowest BCUT2D eigenvalue weighted by molar-refractivity contribution is 0.306. The monoisotopic (exact) mass is 433 g/mol. The first kappa shape index (κ1) is 20.0. The van der Waals surface area contributed by atoms with Crippen LogP contribution in [-0.4, -0.2) is 9.38 Å². The molecule has 2 N–H and O–H groups in total. The average Bonchev–Trinajstić information content (AvgIpc) is 3.24. The highest BCUT2D eigenvalue weighted by molar-refractivity contribution is 5.92. The number of benzene rings is 3. The molecule has 5 aromatic rings. The van der Waals surface area contributed by atoms with Crippen LogP contribution in [0.2, 0.25) is 0 Å². The number of imidazole rings is 1. The number of nitrogen functional groups attached to an aromatic ring is 1. The van der Waals surface area contributed by atoms with E-state index in [0.717, 1.165) is 11.1 Å². The predicted octanol–water partition coefficient (Wildman–Crippen LogP) is 5.20. The third-order valence-corrected chi connectivity index (χ3v) is 5.47. The van der Waals surface area contributed by atoms with Gasteiger partial charge in [-0.25, -0.2) is 9.37 Å². The molecule has 0 saturated carbocycles. The van der Waals surface area contributed by atoms with Gasteiger partial charge in [0, 0.05) is 5.56 Å². The number of pyridine rings is 1. The van der Waals surface area contributed by atoms with Crippen LogP contribution in [0, 0.1) is 28.5 Å². The minimum absolute atomic E-state index is 0.210. The van der Waals surface area contributed by atoms with Gasteiger partial charge < -0.3 is 10.5 Å². The van der Waals surface area contributed by atoms with Crippen LogP contribution in [0.4, 0.5) is 10.2 Å². The Morgan fingerprint density at radius 1 is 0.909 bits per heavy atom. The zero-order valence-corrected chi connectivity index (χ0v) is 17.3. The van der Waals surface area contributed by atoms with E-state index in [4.69, 9.17) is 10.5 Å². The fraction of sp³-hybridized carbons (Fsp3) is 0.0385. The molecule has 0 amide bonds. The number of nitrogens with zero attached hydrogens (tertiary/aromatic N) is 4. The molecule has 158 valence electrons. The molecule has 0 aliphatic heterocycles. The zero-order valence-electron chi connectivity index (χ0n) is 17.3. The van der Waals surface area contributed by atoms with Gasteiger partial charge in [0.2, 0.25) is 0 Å². The van der Waals surface area contributed by atoms with Crippen LogP contribution in [0.25, 0.3) is 27.8 Å². The van der Waals surface area contributed by atoms with Crippen molar-refractivity contribution in [2.24, 2.45) is 0 Å². The number of anilines is 1. The van der Waals surface area contributed by atoms with Gasteiger partial charge in [0.1, 0.15) is 47.3 Å². The normalized spacial score (nSPS) is 10.8. The van der Waals surface area contributed by atoms with Crippen molar-refractivity contribution in [2.75, 3.05) is 5.73 Å². The second-order valence-corrected chi connectivity index (χ2v) is 7.43. The SMILES string of the molecule is N#Cc1c(-c2ccc(OCc3ccc(F)cc3)cc2)c(C#N)c2nc3ccccc3n2c1N. The lowest BCUT2D eigenvalue weighted by Crippen LogP contribution is -2.05. The van der Waals surface area contributed by atoms with Gasteiger partial charge in [0.05, 0.1) is 11.0 Å². The van der Waals surface area contributed by atoms with E-state index in [2.05, 4.69) is 17.1 Å². The highest BCUT2D eigenvalue weighted by Gasteiger charge is 2.22. The van der Waals surface area contributed by atoms with E-state index in [9.17, 15) is 14.9 Å². The molecule has 0 atom stereocenters. The number of hydrogen-bond donors (Lipinski definition) is 1. The molecule has 3 aromatic carbocycles. The van der Waals surface area contributed by atoms with Crippen molar-refractivity contribution in [3.05, 3.63) is 95.3 Å². The van der Waals surface area contributed by atoms with Crippen LogP contribution in [0.15, 0.2) is 72.8 Å². The smallest absolute Gasteiger partial charge is 0.158 e. The van der Waals surface area contributed by atoms with E-state index in [-0.39, 0.29) is 29.4 Å². The van der Waals surface area contributed by atoms with E-state index in [1.54, 1.807) is 40.8 Å². The van der Waals surface area contributed by atoms with Crippen molar-refractivity contribution in [2.45, 2.75) is 6.61 Å². The van der Waals surface area contributed by atoms with Gasteiger partial charge in [-0.2, -0.15) is 10.5 Å². The fourth-order valence-electron chi connectivity index (χ4n) is 3.89. The van der Waals surface area contributed by atoms with E-state index in [0.29, 0.717) is 28.0 Å². The lowest BCUT2D eigenvalue weighted by Gasteiger charge is -2.13. The zero-order chi connectivity index (χ0) is 22.9. The molecule has 0 fully saturated rings. The molecule has 6 nitrogen and oxygen atoms in total. The molecular formula is C26H16FN5O. The maximum Gasteiger partial charge on any atom is 0.158 e. The molecule has 0 saturated heterocycles. The maximum absolute atomic E-state index is 13.1. The second-order valence-electron chi connectivity index (χ2n) is 7.43. The van der Waals surface area contributed by atoms with Gasteiger partial charge in [-0.1, -0.05) is 36.4 Å². The van der Waals surface area contributed by atoms with Crippen LogP contribution < -0.4 is 10.5 Å². The van der Waals surface area contributed by atoms with E-state index in [1.807, 2.05) is 24.3 Å². The third kappa shape index (κ3) is 3.38. The van der Waals surface area contributed by atoms with Crippen molar-refractivity contribution in [3.63, 3.8) is 0 Å². The minimum atomic E-state index is -0.300. The first-order valence-electron chi connectivity index (χ1n) is 10.1. The van der Waals surface area contributed by atoms with Crippen LogP contribution >= 0.6 is 0 Å². The summed E-state index contributed by atoms with van der Waals surface area (Å²) < 4.78 is 20.5. The topological polar surface area (TPSA) is 100 Å². The van der Waals surface area contributed by atoms with Crippen molar-refractivity contribution in [1.82, 2.24) is 9.38 Å². The van der Waals surface area contributed by atoms with Crippen molar-refractivity contribution < 1.29 is 9.13 Å². The Bertz CT molecular complexity index is 1590. The molecule has 0 unspecified atom stereocenters. The first-order chi connectivity index (χ1) is 16.1. The largest absolute Gasteiger partial charge is 0.489 e. The molecular weight excluding hydrogens is 417 g/mol. The van der Waals surface area contributed by atoms with E-state index < -0.39 is 0 Å². The lowest BCUT2D eigenvalue weighted by atomic mass is 9.96. The highest BCUT2D eigenvalue weighted by Crippen LogP contribution is 2.36. The molecule has 0 bridgehead atoms. The Labute approximate surface area is 188 Å². The summed E-state index contributed by atoms with van der Waals surface area (Å²) in [6.07, 6.45) is 0. The Kier molecular flexibility index (Phi) is 4.85. The number of ether oxygens (including phenoxy) is 1. The van der Waals surface area contributed by atoms with Gasteiger partial charge in [-0.15, -0.1) is 0 Å². The average molecular weight is 433 g/mol. The summed E-state index contributed by atoms with van der Waals surface area (Å²) in [5.41, 5.74) is 10.6. The highest BCUT2D eigenvalue weighted by atomic mass is 19.1. The summed E-state index contributed by atoms with van der Waals surface area (Å²) in [6.45, 7) is 0.284.